The molecule has 0 aliphatic carbocycles. The number of carbonyl (C=O) groups is 4. The summed E-state index contributed by atoms with van der Waals surface area (Å²) in [7, 11) is 0. The molecular weight excluding hydrogens is 388 g/mol. The lowest BCUT2D eigenvalue weighted by Gasteiger charge is -2.55. The van der Waals surface area contributed by atoms with E-state index in [1.54, 1.807) is 0 Å². The van der Waals surface area contributed by atoms with E-state index in [0.29, 0.717) is 4.90 Å². The van der Waals surface area contributed by atoms with Gasteiger partial charge in [-0.3, -0.25) is 14.4 Å². The fourth-order valence-electron chi connectivity index (χ4n) is 3.22. The number of ketones is 3. The Morgan fingerprint density at radius 3 is 2.00 bits per heavy atom. The van der Waals surface area contributed by atoms with E-state index in [4.69, 9.17) is 22.1 Å². The number of urea groups is 1. The van der Waals surface area contributed by atoms with Crippen LogP contribution in [-0.2, 0) is 19.1 Å². The number of hydrogen-bond acceptors (Lipinski definition) is 9. The van der Waals surface area contributed by atoms with Crippen LogP contribution in [0.5, 0.6) is 0 Å². The highest BCUT2D eigenvalue weighted by molar-refractivity contribution is 6.18. The molecule has 0 radical (unpaired) electrons. The standard InChI is InChI=1S/C15H23ClN2O9/c1-6(19)9(22)11-15(26,8(3)21)14(25,7(2)20)10(12(23)27-11)18(5-4-16)13(17)24/h6,10-12,19,23,25-26H,4-5H2,1-3H3,(H2,17,24)/t6?,10-,11+,12?,14+,15+/m0/s1. The average molecular weight is 411 g/mol. The minimum Gasteiger partial charge on any atom is -0.386 e. The van der Waals surface area contributed by atoms with E-state index in [0.717, 1.165) is 20.8 Å². The molecule has 12 heteroatoms. The Labute approximate surface area is 159 Å². The normalized spacial score (nSPS) is 34.6. The van der Waals surface area contributed by atoms with Crippen molar-refractivity contribution in [3.8, 4) is 0 Å². The molecular formula is C15H23ClN2O9. The maximum Gasteiger partial charge on any atom is 0.315 e. The van der Waals surface area contributed by atoms with E-state index in [1.165, 1.54) is 0 Å². The topological polar surface area (TPSA) is 188 Å². The summed E-state index contributed by atoms with van der Waals surface area (Å²) in [6.45, 7) is 2.16. The Morgan fingerprint density at radius 1 is 1.19 bits per heavy atom. The summed E-state index contributed by atoms with van der Waals surface area (Å²) >= 11 is 5.58. The number of alkyl halides is 1. The molecule has 11 nitrogen and oxygen atoms in total. The van der Waals surface area contributed by atoms with Crippen LogP contribution < -0.4 is 5.73 Å². The number of aliphatic hydroxyl groups excluding tert-OH is 2. The monoisotopic (exact) mass is 410 g/mol. The van der Waals surface area contributed by atoms with Crippen LogP contribution in [0, 0.1) is 0 Å². The highest BCUT2D eigenvalue weighted by Crippen LogP contribution is 2.42. The molecule has 0 aromatic carbocycles. The fourth-order valence-corrected chi connectivity index (χ4v) is 3.40. The van der Waals surface area contributed by atoms with E-state index < -0.39 is 59.1 Å². The molecule has 0 saturated carbocycles. The van der Waals surface area contributed by atoms with Gasteiger partial charge in [0.2, 0.25) is 0 Å². The van der Waals surface area contributed by atoms with Gasteiger partial charge >= 0.3 is 6.03 Å². The Balaban J connectivity index is 3.77. The molecule has 2 amide bonds. The van der Waals surface area contributed by atoms with Crippen molar-refractivity contribution in [1.29, 1.82) is 0 Å². The first-order valence-electron chi connectivity index (χ1n) is 7.92. The van der Waals surface area contributed by atoms with Gasteiger partial charge < -0.3 is 35.8 Å². The molecule has 1 heterocycles. The highest BCUT2D eigenvalue weighted by atomic mass is 35.5. The molecule has 0 bridgehead atoms. The summed E-state index contributed by atoms with van der Waals surface area (Å²) < 4.78 is 4.99. The fraction of sp³-hybridized carbons (Fsp3) is 0.733. The quantitative estimate of drug-likeness (QED) is 0.278. The zero-order valence-corrected chi connectivity index (χ0v) is 15.7. The first-order chi connectivity index (χ1) is 12.3. The van der Waals surface area contributed by atoms with Crippen molar-refractivity contribution >= 4 is 35.0 Å². The summed E-state index contributed by atoms with van der Waals surface area (Å²) in [6, 6.07) is -3.30. The molecule has 0 aromatic rings. The van der Waals surface area contributed by atoms with Gasteiger partial charge in [-0.2, -0.15) is 0 Å². The summed E-state index contributed by atoms with van der Waals surface area (Å²) in [5.41, 5.74) is -1.20. The third-order valence-electron chi connectivity index (χ3n) is 4.62. The number of nitrogens with zero attached hydrogens (tertiary/aromatic N) is 1. The molecule has 6 N–H and O–H groups in total. The summed E-state index contributed by atoms with van der Waals surface area (Å²) in [5.74, 6) is -4.04. The van der Waals surface area contributed by atoms with Crippen molar-refractivity contribution < 1.29 is 44.3 Å². The van der Waals surface area contributed by atoms with Gasteiger partial charge in [-0.15, -0.1) is 11.6 Å². The van der Waals surface area contributed by atoms with Crippen molar-refractivity contribution in [2.75, 3.05) is 12.4 Å². The number of hydrogen-bond donors (Lipinski definition) is 5. The van der Waals surface area contributed by atoms with Crippen LogP contribution >= 0.6 is 11.6 Å². The van der Waals surface area contributed by atoms with Gasteiger partial charge in [0, 0.05) is 12.4 Å². The van der Waals surface area contributed by atoms with Crippen LogP contribution in [0.1, 0.15) is 20.8 Å². The Hall–Kier alpha value is -1.63. The third kappa shape index (κ3) is 3.58. The second-order valence-corrected chi connectivity index (χ2v) is 6.67. The maximum absolute atomic E-state index is 12.4. The summed E-state index contributed by atoms with van der Waals surface area (Å²) in [6.07, 6.45) is -6.28. The zero-order valence-electron chi connectivity index (χ0n) is 15.0. The van der Waals surface area contributed by atoms with Crippen LogP contribution in [0.15, 0.2) is 0 Å². The highest BCUT2D eigenvalue weighted by Gasteiger charge is 2.73. The number of aliphatic hydroxyl groups is 4. The van der Waals surface area contributed by atoms with Crippen molar-refractivity contribution in [3.05, 3.63) is 0 Å². The largest absolute Gasteiger partial charge is 0.386 e. The molecule has 27 heavy (non-hydrogen) atoms. The number of carbonyl (C=O) groups excluding carboxylic acids is 4. The molecule has 1 fully saturated rings. The van der Waals surface area contributed by atoms with Gasteiger partial charge in [0.25, 0.3) is 0 Å². The molecule has 154 valence electrons. The minimum absolute atomic E-state index is 0.241. The van der Waals surface area contributed by atoms with Crippen molar-refractivity contribution in [3.63, 3.8) is 0 Å². The van der Waals surface area contributed by atoms with E-state index in [1.807, 2.05) is 0 Å². The number of rotatable bonds is 7. The lowest BCUT2D eigenvalue weighted by molar-refractivity contribution is -0.307. The van der Waals surface area contributed by atoms with Crippen LogP contribution in [0.25, 0.3) is 0 Å². The Kier molecular flexibility index (Phi) is 7.08. The predicted octanol–water partition coefficient (Wildman–Crippen LogP) is -2.72. The molecule has 2 unspecified atom stereocenters. The summed E-state index contributed by atoms with van der Waals surface area (Å²) in [4.78, 5) is 49.2. The van der Waals surface area contributed by atoms with Gasteiger partial charge in [0.05, 0.1) is 0 Å². The van der Waals surface area contributed by atoms with Gasteiger partial charge in [-0.1, -0.05) is 0 Å². The van der Waals surface area contributed by atoms with Crippen LogP contribution in [0.4, 0.5) is 4.79 Å². The molecule has 1 saturated heterocycles. The van der Waals surface area contributed by atoms with E-state index in [9.17, 15) is 39.6 Å². The Bertz CT molecular complexity index is 643. The molecule has 0 spiro atoms. The number of Topliss-reactive ketones (excluding diaryl/α,β-unsaturated/α-hetero) is 3. The van der Waals surface area contributed by atoms with E-state index in [-0.39, 0.29) is 12.4 Å². The molecule has 1 aliphatic rings. The first kappa shape index (κ1) is 23.4. The van der Waals surface area contributed by atoms with Crippen LogP contribution in [-0.4, -0.2) is 96.9 Å². The van der Waals surface area contributed by atoms with Gasteiger partial charge in [0.1, 0.15) is 12.1 Å². The maximum atomic E-state index is 12.4. The summed E-state index contributed by atoms with van der Waals surface area (Å²) in [5, 5.41) is 42.0. The second kappa shape index (κ2) is 8.17. The predicted molar refractivity (Wildman–Crippen MR) is 89.6 cm³/mol. The van der Waals surface area contributed by atoms with Gasteiger partial charge in [-0.25, -0.2) is 4.79 Å². The number of primary amides is 1. The Morgan fingerprint density at radius 2 is 1.67 bits per heavy atom. The zero-order chi connectivity index (χ0) is 21.3. The molecule has 1 rings (SSSR count). The van der Waals surface area contributed by atoms with E-state index >= 15 is 0 Å². The third-order valence-corrected chi connectivity index (χ3v) is 4.79. The number of ether oxygens (including phenoxy) is 1. The average Bonchev–Trinajstić information content (AvgIpc) is 2.55. The molecule has 1 aliphatic heterocycles. The molecule has 0 aromatic heterocycles. The first-order valence-corrected chi connectivity index (χ1v) is 8.46. The number of amides is 2. The van der Waals surface area contributed by atoms with Crippen molar-refractivity contribution in [2.45, 2.75) is 56.5 Å². The minimum atomic E-state index is -3.23. The van der Waals surface area contributed by atoms with Gasteiger partial charge in [-0.05, 0) is 20.8 Å². The lowest BCUT2D eigenvalue weighted by atomic mass is 9.65. The lowest BCUT2D eigenvalue weighted by Crippen LogP contribution is -2.83. The SMILES string of the molecule is CC(=O)[C@@]1(O)[C@@H](C(=O)C(C)O)OC(O)[C@H](N(CCCl)C(N)=O)[C@]1(O)C(C)=O. The van der Waals surface area contributed by atoms with Crippen LogP contribution in [0.2, 0.25) is 0 Å². The number of nitrogens with two attached hydrogens (primary N) is 1. The molecule has 6 atom stereocenters. The van der Waals surface area contributed by atoms with Crippen molar-refractivity contribution in [2.24, 2.45) is 5.73 Å². The van der Waals surface area contributed by atoms with Crippen LogP contribution in [0.3, 0.4) is 0 Å². The van der Waals surface area contributed by atoms with Gasteiger partial charge in [0.15, 0.2) is 40.9 Å². The smallest absolute Gasteiger partial charge is 0.315 e. The van der Waals surface area contributed by atoms with E-state index in [2.05, 4.69) is 0 Å². The van der Waals surface area contributed by atoms with Crippen molar-refractivity contribution in [1.82, 2.24) is 4.90 Å². The number of halogens is 1. The second-order valence-electron chi connectivity index (χ2n) is 6.30.